The molecule has 0 aliphatic heterocycles. The summed E-state index contributed by atoms with van der Waals surface area (Å²) in [4.78, 5) is 22.6. The molecule has 3 N–H and O–H groups in total. The monoisotopic (exact) mass is 537 g/mol. The number of nitrogens with zero attached hydrogens (tertiary/aromatic N) is 1. The van der Waals surface area contributed by atoms with Crippen LogP contribution in [0.4, 0.5) is 0 Å². The topological polar surface area (TPSA) is 105 Å². The lowest BCUT2D eigenvalue weighted by Gasteiger charge is -2.26. The number of hydrogen-bond donors (Lipinski definition) is 3. The second kappa shape index (κ2) is 21.4. The lowest BCUT2D eigenvalue weighted by atomic mass is 10.0. The summed E-state index contributed by atoms with van der Waals surface area (Å²) in [5.41, 5.74) is 0. The zero-order chi connectivity index (χ0) is 27.3. The van der Waals surface area contributed by atoms with Gasteiger partial charge in [-0.05, 0) is 12.8 Å². The highest BCUT2D eigenvalue weighted by atomic mass is 31.2. The average Bonchev–Trinajstić information content (AvgIpc) is 2.79. The first-order valence-corrected chi connectivity index (χ1v) is 15.9. The number of carbonyl (C=O) groups is 1. The van der Waals surface area contributed by atoms with Gasteiger partial charge in [0.25, 0.3) is 0 Å². The molecule has 0 radical (unpaired) electrons. The van der Waals surface area contributed by atoms with Crippen molar-refractivity contribution in [3.8, 4) is 0 Å². The molecule has 1 unspecified atom stereocenters. The van der Waals surface area contributed by atoms with Gasteiger partial charge in [-0.3, -0.25) is 13.8 Å². The number of hydrogen-bond acceptors (Lipinski definition) is 5. The van der Waals surface area contributed by atoms with E-state index in [1.807, 2.05) is 21.1 Å². The van der Waals surface area contributed by atoms with E-state index in [9.17, 15) is 19.4 Å². The highest BCUT2D eigenvalue weighted by Gasteiger charge is 2.28. The third-order valence-electron chi connectivity index (χ3n) is 6.36. The standard InChI is InChI=1S/C27H57N2O6P/c1-6-8-10-12-14-15-17-19-21-27(31)28-25(26(30)20-18-16-13-11-9-7-2)24-35-36(32,33)34-23-22-29(3,4)5/h25-26,30H,6-24H2,1-5H3,(H-,28,31,32,33)/p+1/t25-,26+/m0/s1. The number of aliphatic hydroxyl groups is 1. The summed E-state index contributed by atoms with van der Waals surface area (Å²) in [5.74, 6) is -0.157. The van der Waals surface area contributed by atoms with E-state index in [-0.39, 0.29) is 19.1 Å². The van der Waals surface area contributed by atoms with E-state index in [0.717, 1.165) is 38.5 Å². The van der Waals surface area contributed by atoms with Gasteiger partial charge in [-0.1, -0.05) is 97.3 Å². The number of phosphoric ester groups is 1. The average molecular weight is 538 g/mol. The van der Waals surface area contributed by atoms with E-state index in [2.05, 4.69) is 19.2 Å². The third kappa shape index (κ3) is 22.7. The van der Waals surface area contributed by atoms with Crippen molar-refractivity contribution in [1.82, 2.24) is 5.32 Å². The molecule has 0 fully saturated rings. The maximum atomic E-state index is 12.5. The maximum absolute atomic E-state index is 12.5. The molecule has 0 heterocycles. The van der Waals surface area contributed by atoms with E-state index in [1.54, 1.807) is 0 Å². The number of phosphoric acid groups is 1. The van der Waals surface area contributed by atoms with Crippen molar-refractivity contribution in [3.05, 3.63) is 0 Å². The van der Waals surface area contributed by atoms with Crippen LogP contribution in [0, 0.1) is 0 Å². The molecule has 0 saturated carbocycles. The van der Waals surface area contributed by atoms with Gasteiger partial charge in [0, 0.05) is 6.42 Å². The first-order chi connectivity index (χ1) is 17.0. The van der Waals surface area contributed by atoms with Crippen molar-refractivity contribution in [3.63, 3.8) is 0 Å². The van der Waals surface area contributed by atoms with Gasteiger partial charge in [0.1, 0.15) is 13.2 Å². The summed E-state index contributed by atoms with van der Waals surface area (Å²) in [7, 11) is 1.61. The van der Waals surface area contributed by atoms with Gasteiger partial charge in [0.15, 0.2) is 0 Å². The molecule has 0 aliphatic carbocycles. The lowest BCUT2D eigenvalue weighted by Crippen LogP contribution is -2.46. The summed E-state index contributed by atoms with van der Waals surface area (Å²) < 4.78 is 23.2. The fourth-order valence-electron chi connectivity index (χ4n) is 3.92. The van der Waals surface area contributed by atoms with E-state index >= 15 is 0 Å². The van der Waals surface area contributed by atoms with Crippen molar-refractivity contribution in [1.29, 1.82) is 0 Å². The van der Waals surface area contributed by atoms with Gasteiger partial charge in [-0.15, -0.1) is 0 Å². The van der Waals surface area contributed by atoms with Crippen LogP contribution in [0.2, 0.25) is 0 Å². The van der Waals surface area contributed by atoms with Crippen LogP contribution in [0.1, 0.15) is 117 Å². The smallest absolute Gasteiger partial charge is 0.391 e. The summed E-state index contributed by atoms with van der Waals surface area (Å²) in [6.07, 6.45) is 15.8. The molecule has 216 valence electrons. The summed E-state index contributed by atoms with van der Waals surface area (Å²) in [5, 5.41) is 13.6. The largest absolute Gasteiger partial charge is 0.472 e. The zero-order valence-electron chi connectivity index (χ0n) is 24.0. The third-order valence-corrected chi connectivity index (χ3v) is 7.34. The first kappa shape index (κ1) is 35.5. The Balaban J connectivity index is 4.61. The normalized spacial score (nSPS) is 15.4. The Hall–Kier alpha value is -0.500. The van der Waals surface area contributed by atoms with Gasteiger partial charge in [-0.25, -0.2) is 4.57 Å². The molecule has 8 nitrogen and oxygen atoms in total. The Morgan fingerprint density at radius 2 is 1.33 bits per heavy atom. The number of carbonyl (C=O) groups excluding carboxylic acids is 1. The number of amides is 1. The Kier molecular flexibility index (Phi) is 21.1. The minimum Gasteiger partial charge on any atom is -0.391 e. The summed E-state index contributed by atoms with van der Waals surface area (Å²) in [6.45, 7) is 4.75. The molecule has 36 heavy (non-hydrogen) atoms. The number of likely N-dealkylation sites (N-methyl/N-ethyl adjacent to an activating group) is 1. The van der Waals surface area contributed by atoms with Crippen LogP contribution in [0.15, 0.2) is 0 Å². The van der Waals surface area contributed by atoms with Gasteiger partial charge in [-0.2, -0.15) is 0 Å². The summed E-state index contributed by atoms with van der Waals surface area (Å²) >= 11 is 0. The molecule has 0 bridgehead atoms. The fourth-order valence-corrected chi connectivity index (χ4v) is 4.66. The number of aliphatic hydroxyl groups excluding tert-OH is 1. The van der Waals surface area contributed by atoms with Gasteiger partial charge in [0.2, 0.25) is 5.91 Å². The minimum absolute atomic E-state index is 0.0764. The molecule has 0 aromatic heterocycles. The van der Waals surface area contributed by atoms with Crippen molar-refractivity contribution in [2.75, 3.05) is 40.9 Å². The molecule has 0 aromatic rings. The van der Waals surface area contributed by atoms with Gasteiger partial charge < -0.3 is 19.8 Å². The van der Waals surface area contributed by atoms with Crippen LogP contribution in [0.3, 0.4) is 0 Å². The molecule has 9 heteroatoms. The van der Waals surface area contributed by atoms with Crippen LogP contribution in [0.5, 0.6) is 0 Å². The van der Waals surface area contributed by atoms with Crippen LogP contribution in [0.25, 0.3) is 0 Å². The Morgan fingerprint density at radius 3 is 1.86 bits per heavy atom. The molecule has 3 atom stereocenters. The molecule has 1 amide bonds. The molecule has 0 saturated heterocycles. The van der Waals surface area contributed by atoms with Crippen molar-refractivity contribution >= 4 is 13.7 Å². The Morgan fingerprint density at radius 1 is 0.833 bits per heavy atom. The van der Waals surface area contributed by atoms with E-state index in [0.29, 0.717) is 23.9 Å². The fraction of sp³-hybridized carbons (Fsp3) is 0.963. The van der Waals surface area contributed by atoms with Crippen LogP contribution in [-0.2, 0) is 18.4 Å². The van der Waals surface area contributed by atoms with Crippen molar-refractivity contribution < 1.29 is 32.9 Å². The molecule has 0 aromatic carbocycles. The van der Waals surface area contributed by atoms with E-state index < -0.39 is 20.0 Å². The summed E-state index contributed by atoms with van der Waals surface area (Å²) in [6, 6.07) is -0.746. The quantitative estimate of drug-likeness (QED) is 0.0755. The molecule has 0 rings (SSSR count). The van der Waals surface area contributed by atoms with Crippen molar-refractivity contribution in [2.45, 2.75) is 129 Å². The zero-order valence-corrected chi connectivity index (χ0v) is 24.9. The van der Waals surface area contributed by atoms with Crippen LogP contribution < -0.4 is 5.32 Å². The Labute approximate surface area is 221 Å². The molecular formula is C27H58N2O6P+. The van der Waals surface area contributed by atoms with Gasteiger partial charge in [0.05, 0.1) is 39.9 Å². The second-order valence-electron chi connectivity index (χ2n) is 11.1. The maximum Gasteiger partial charge on any atom is 0.472 e. The molecule has 0 aliphatic rings. The van der Waals surface area contributed by atoms with Crippen LogP contribution in [-0.4, -0.2) is 73.4 Å². The minimum atomic E-state index is -4.27. The SMILES string of the molecule is CCCCCCCCCCC(=O)N[C@@H](COP(=O)(O)OCC[N+](C)(C)C)[C@H](O)CCCCCCCC. The first-order valence-electron chi connectivity index (χ1n) is 14.4. The Bertz CT molecular complexity index is 585. The highest BCUT2D eigenvalue weighted by Crippen LogP contribution is 2.43. The number of rotatable bonds is 25. The number of unbranched alkanes of at least 4 members (excludes halogenated alkanes) is 12. The molecule has 0 spiro atoms. The van der Waals surface area contributed by atoms with Crippen LogP contribution >= 0.6 is 7.82 Å². The van der Waals surface area contributed by atoms with Crippen molar-refractivity contribution in [2.24, 2.45) is 0 Å². The molecular weight excluding hydrogens is 479 g/mol. The highest BCUT2D eigenvalue weighted by molar-refractivity contribution is 7.47. The predicted octanol–water partition coefficient (Wildman–Crippen LogP) is 5.95. The van der Waals surface area contributed by atoms with Gasteiger partial charge >= 0.3 is 7.82 Å². The van der Waals surface area contributed by atoms with E-state index in [4.69, 9.17) is 9.05 Å². The lowest BCUT2D eigenvalue weighted by molar-refractivity contribution is -0.870. The van der Waals surface area contributed by atoms with E-state index in [1.165, 1.54) is 51.4 Å². The second-order valence-corrected chi connectivity index (χ2v) is 12.6. The predicted molar refractivity (Wildman–Crippen MR) is 148 cm³/mol. The number of quaternary nitrogens is 1. The number of nitrogens with one attached hydrogen (secondary N) is 1.